The summed E-state index contributed by atoms with van der Waals surface area (Å²) in [5, 5.41) is 4.90. The number of benzene rings is 1. The molecule has 0 aromatic heterocycles. The van der Waals surface area contributed by atoms with Gasteiger partial charge in [0.2, 0.25) is 11.8 Å². The summed E-state index contributed by atoms with van der Waals surface area (Å²) in [5.41, 5.74) is 0.371. The lowest BCUT2D eigenvalue weighted by Gasteiger charge is -2.09. The van der Waals surface area contributed by atoms with Gasteiger partial charge in [0.05, 0.1) is 11.6 Å². The fraction of sp³-hybridized carbons (Fsp3) is 0.333. The highest BCUT2D eigenvalue weighted by atomic mass is 35.5. The molecule has 4 nitrogen and oxygen atoms in total. The maximum atomic E-state index is 13.6. The van der Waals surface area contributed by atoms with Crippen molar-refractivity contribution in [3.63, 3.8) is 0 Å². The van der Waals surface area contributed by atoms with Crippen LogP contribution in [0, 0.1) is 11.7 Å². The number of nitrogens with one attached hydrogen (secondary N) is 2. The van der Waals surface area contributed by atoms with Gasteiger partial charge in [-0.1, -0.05) is 0 Å². The highest BCUT2D eigenvalue weighted by Crippen LogP contribution is 2.53. The van der Waals surface area contributed by atoms with E-state index in [0.29, 0.717) is 12.1 Å². The largest absolute Gasteiger partial charge is 0.326 e. The van der Waals surface area contributed by atoms with Crippen LogP contribution < -0.4 is 10.6 Å². The predicted octanol–water partition coefficient (Wildman–Crippen LogP) is 2.92. The smallest absolute Gasteiger partial charge is 0.230 e. The van der Waals surface area contributed by atoms with Crippen molar-refractivity contribution in [2.24, 2.45) is 5.92 Å². The topological polar surface area (TPSA) is 58.2 Å². The number of anilines is 2. The highest BCUT2D eigenvalue weighted by molar-refractivity contribution is 6.52. The Bertz CT molecular complexity index is 549. The quantitative estimate of drug-likeness (QED) is 0.844. The molecule has 0 bridgehead atoms. The molecular formula is C12H11Cl2FN2O2. The Morgan fingerprint density at radius 1 is 1.37 bits per heavy atom. The third-order valence-electron chi connectivity index (χ3n) is 2.69. The number of halogens is 3. The number of carbonyl (C=O) groups excluding carboxylic acids is 2. The van der Waals surface area contributed by atoms with Crippen molar-refractivity contribution in [3.8, 4) is 0 Å². The van der Waals surface area contributed by atoms with E-state index in [1.165, 1.54) is 19.1 Å². The minimum Gasteiger partial charge on any atom is -0.326 e. The Morgan fingerprint density at radius 2 is 2.00 bits per heavy atom. The van der Waals surface area contributed by atoms with Gasteiger partial charge in [-0.05, 0) is 24.6 Å². The zero-order chi connectivity index (χ0) is 14.2. The average Bonchev–Trinajstić information content (AvgIpc) is 2.92. The van der Waals surface area contributed by atoms with Crippen LogP contribution in [0.3, 0.4) is 0 Å². The van der Waals surface area contributed by atoms with Gasteiger partial charge in [-0.15, -0.1) is 23.2 Å². The number of hydrogen-bond donors (Lipinski definition) is 2. The van der Waals surface area contributed by atoms with Crippen LogP contribution >= 0.6 is 23.2 Å². The molecule has 102 valence electrons. The molecule has 1 aromatic rings. The van der Waals surface area contributed by atoms with E-state index in [9.17, 15) is 14.0 Å². The third-order valence-corrected chi connectivity index (χ3v) is 3.52. The molecule has 1 atom stereocenters. The summed E-state index contributed by atoms with van der Waals surface area (Å²) < 4.78 is 12.5. The van der Waals surface area contributed by atoms with Crippen LogP contribution in [0.15, 0.2) is 18.2 Å². The summed E-state index contributed by atoms with van der Waals surface area (Å²) in [7, 11) is 0. The first kappa shape index (κ1) is 14.1. The Morgan fingerprint density at radius 3 is 2.53 bits per heavy atom. The van der Waals surface area contributed by atoms with Gasteiger partial charge in [0.1, 0.15) is 10.2 Å². The first-order chi connectivity index (χ1) is 8.79. The number of rotatable bonds is 3. The molecule has 7 heteroatoms. The number of alkyl halides is 2. The molecule has 0 spiro atoms. The van der Waals surface area contributed by atoms with Crippen LogP contribution in [-0.4, -0.2) is 16.1 Å². The Labute approximate surface area is 119 Å². The van der Waals surface area contributed by atoms with Gasteiger partial charge >= 0.3 is 0 Å². The van der Waals surface area contributed by atoms with Crippen molar-refractivity contribution in [1.29, 1.82) is 0 Å². The van der Waals surface area contributed by atoms with Gasteiger partial charge in [0, 0.05) is 12.6 Å². The fourth-order valence-corrected chi connectivity index (χ4v) is 2.13. The van der Waals surface area contributed by atoms with Gasteiger partial charge in [-0.3, -0.25) is 9.59 Å². The van der Waals surface area contributed by atoms with Gasteiger partial charge in [0.25, 0.3) is 0 Å². The van der Waals surface area contributed by atoms with Gasteiger partial charge < -0.3 is 10.6 Å². The number of amides is 2. The lowest BCUT2D eigenvalue weighted by molar-refractivity contribution is -0.117. The molecule has 2 amide bonds. The summed E-state index contributed by atoms with van der Waals surface area (Å²) in [6.45, 7) is 1.33. The van der Waals surface area contributed by atoms with E-state index in [1.807, 2.05) is 0 Å². The first-order valence-corrected chi connectivity index (χ1v) is 6.31. The lowest BCUT2D eigenvalue weighted by Crippen LogP contribution is -2.18. The Hall–Kier alpha value is -1.33. The second-order valence-corrected chi connectivity index (χ2v) is 5.93. The van der Waals surface area contributed by atoms with Crippen LogP contribution in [0.25, 0.3) is 0 Å². The molecule has 0 saturated heterocycles. The van der Waals surface area contributed by atoms with E-state index >= 15 is 0 Å². The average molecular weight is 305 g/mol. The Kier molecular flexibility index (Phi) is 3.69. The highest BCUT2D eigenvalue weighted by Gasteiger charge is 2.56. The Balaban J connectivity index is 2.11. The molecule has 2 rings (SSSR count). The molecular weight excluding hydrogens is 294 g/mol. The fourth-order valence-electron chi connectivity index (χ4n) is 1.62. The zero-order valence-electron chi connectivity index (χ0n) is 9.97. The minimum absolute atomic E-state index is 0.0210. The molecule has 1 aliphatic rings. The SMILES string of the molecule is CC(=O)Nc1ccc(F)c(NC(=O)C2CC2(Cl)Cl)c1. The van der Waals surface area contributed by atoms with Gasteiger partial charge in [0.15, 0.2) is 0 Å². The predicted molar refractivity (Wildman–Crippen MR) is 71.9 cm³/mol. The van der Waals surface area contributed by atoms with E-state index < -0.39 is 22.0 Å². The number of hydrogen-bond acceptors (Lipinski definition) is 2. The van der Waals surface area contributed by atoms with Gasteiger partial charge in [-0.2, -0.15) is 0 Å². The second-order valence-electron chi connectivity index (χ2n) is 4.38. The summed E-state index contributed by atoms with van der Waals surface area (Å²) >= 11 is 11.5. The molecule has 1 saturated carbocycles. The lowest BCUT2D eigenvalue weighted by atomic mass is 10.2. The van der Waals surface area contributed by atoms with Crippen molar-refractivity contribution in [1.82, 2.24) is 0 Å². The van der Waals surface area contributed by atoms with E-state index in [-0.39, 0.29) is 11.6 Å². The van der Waals surface area contributed by atoms with Crippen molar-refractivity contribution in [2.75, 3.05) is 10.6 Å². The van der Waals surface area contributed by atoms with E-state index in [2.05, 4.69) is 10.6 Å². The molecule has 0 radical (unpaired) electrons. The summed E-state index contributed by atoms with van der Waals surface area (Å²) in [4.78, 5) is 22.6. The molecule has 2 N–H and O–H groups in total. The molecule has 1 unspecified atom stereocenters. The normalized spacial score (nSPS) is 19.7. The van der Waals surface area contributed by atoms with Crippen LogP contribution in [0.1, 0.15) is 13.3 Å². The summed E-state index contributed by atoms with van der Waals surface area (Å²) in [6.07, 6.45) is 0.342. The number of carbonyl (C=O) groups is 2. The zero-order valence-corrected chi connectivity index (χ0v) is 11.5. The van der Waals surface area contributed by atoms with Crippen molar-refractivity contribution in [2.45, 2.75) is 17.7 Å². The summed E-state index contributed by atoms with van der Waals surface area (Å²) in [5.74, 6) is -1.87. The molecule has 1 aromatic carbocycles. The van der Waals surface area contributed by atoms with E-state index in [4.69, 9.17) is 23.2 Å². The van der Waals surface area contributed by atoms with Gasteiger partial charge in [-0.25, -0.2) is 4.39 Å². The van der Waals surface area contributed by atoms with Crippen LogP contribution in [0.2, 0.25) is 0 Å². The first-order valence-electron chi connectivity index (χ1n) is 5.55. The van der Waals surface area contributed by atoms with E-state index in [1.54, 1.807) is 0 Å². The molecule has 0 aliphatic heterocycles. The summed E-state index contributed by atoms with van der Waals surface area (Å²) in [6, 6.07) is 3.89. The standard InChI is InChI=1S/C12H11Cl2FN2O2/c1-6(18)16-7-2-3-9(15)10(4-7)17-11(19)8-5-12(8,13)14/h2-4,8H,5H2,1H3,(H,16,18)(H,17,19). The molecule has 0 heterocycles. The third kappa shape index (κ3) is 3.36. The molecule has 1 aliphatic carbocycles. The van der Waals surface area contributed by atoms with Crippen molar-refractivity contribution in [3.05, 3.63) is 24.0 Å². The van der Waals surface area contributed by atoms with Crippen molar-refractivity contribution >= 4 is 46.4 Å². The van der Waals surface area contributed by atoms with Crippen molar-refractivity contribution < 1.29 is 14.0 Å². The van der Waals surface area contributed by atoms with Crippen LogP contribution in [-0.2, 0) is 9.59 Å². The monoisotopic (exact) mass is 304 g/mol. The molecule has 1 fully saturated rings. The maximum absolute atomic E-state index is 13.6. The minimum atomic E-state index is -1.06. The van der Waals surface area contributed by atoms with Crippen LogP contribution in [0.4, 0.5) is 15.8 Å². The van der Waals surface area contributed by atoms with E-state index in [0.717, 1.165) is 6.07 Å². The molecule has 19 heavy (non-hydrogen) atoms. The van der Waals surface area contributed by atoms with Crippen LogP contribution in [0.5, 0.6) is 0 Å². The maximum Gasteiger partial charge on any atom is 0.230 e. The second kappa shape index (κ2) is 4.98.